The van der Waals surface area contributed by atoms with Gasteiger partial charge in [0.1, 0.15) is 0 Å². The van der Waals surface area contributed by atoms with Gasteiger partial charge in [0.2, 0.25) is 0 Å². The van der Waals surface area contributed by atoms with Gasteiger partial charge in [-0.15, -0.1) is 0 Å². The molecule has 0 unspecified atom stereocenters. The number of aromatic nitrogens is 2. The zero-order valence-corrected chi connectivity index (χ0v) is 9.11. The normalized spacial score (nSPS) is 11.1. The third kappa shape index (κ3) is 2.02. The number of aryl methyl sites for hydroxylation is 1. The first-order valence-corrected chi connectivity index (χ1v) is 5.49. The van der Waals surface area contributed by atoms with Crippen molar-refractivity contribution in [3.05, 3.63) is 30.1 Å². The van der Waals surface area contributed by atoms with Gasteiger partial charge in [-0.1, -0.05) is 19.4 Å². The predicted molar refractivity (Wildman–Crippen MR) is 62.5 cm³/mol. The molecule has 80 valence electrons. The molecule has 3 heteroatoms. The maximum atomic E-state index is 5.59. The number of nitrogens with zero attached hydrogens (tertiary/aromatic N) is 2. The minimum absolute atomic E-state index is 0.581. The van der Waals surface area contributed by atoms with Crippen LogP contribution in [-0.4, -0.2) is 9.55 Å². The van der Waals surface area contributed by atoms with Crippen LogP contribution in [0.2, 0.25) is 0 Å². The van der Waals surface area contributed by atoms with E-state index in [4.69, 9.17) is 5.73 Å². The van der Waals surface area contributed by atoms with E-state index in [0.29, 0.717) is 6.54 Å². The molecule has 2 N–H and O–H groups in total. The molecule has 2 aromatic rings. The van der Waals surface area contributed by atoms with E-state index in [1.54, 1.807) is 0 Å². The van der Waals surface area contributed by atoms with E-state index in [9.17, 15) is 0 Å². The average molecular weight is 203 g/mol. The molecule has 0 aliphatic heterocycles. The molecule has 0 atom stereocenters. The van der Waals surface area contributed by atoms with Crippen molar-refractivity contribution in [3.8, 4) is 0 Å². The van der Waals surface area contributed by atoms with Crippen molar-refractivity contribution in [1.29, 1.82) is 0 Å². The quantitative estimate of drug-likeness (QED) is 0.828. The molecule has 1 aromatic carbocycles. The Balaban J connectivity index is 2.34. The van der Waals surface area contributed by atoms with Gasteiger partial charge in [0.25, 0.3) is 0 Å². The Hall–Kier alpha value is -1.35. The first kappa shape index (κ1) is 10.2. The lowest BCUT2D eigenvalue weighted by molar-refractivity contribution is 0.645. The second-order valence-electron chi connectivity index (χ2n) is 3.82. The number of rotatable bonds is 4. The lowest BCUT2D eigenvalue weighted by Gasteiger charge is -2.02. The predicted octanol–water partition coefficient (Wildman–Crippen LogP) is 2.30. The number of unbranched alkanes of at least 4 members (excludes halogenated alkanes) is 1. The van der Waals surface area contributed by atoms with Crippen LogP contribution in [0, 0.1) is 0 Å². The number of hydrogen-bond acceptors (Lipinski definition) is 2. The first-order valence-electron chi connectivity index (χ1n) is 5.49. The molecule has 0 saturated heterocycles. The van der Waals surface area contributed by atoms with Crippen molar-refractivity contribution < 1.29 is 0 Å². The van der Waals surface area contributed by atoms with E-state index in [0.717, 1.165) is 17.6 Å². The average Bonchev–Trinajstić information content (AvgIpc) is 2.68. The van der Waals surface area contributed by atoms with Crippen LogP contribution >= 0.6 is 0 Å². The molecule has 1 heterocycles. The Morgan fingerprint density at radius 2 is 2.27 bits per heavy atom. The summed E-state index contributed by atoms with van der Waals surface area (Å²) < 4.78 is 2.21. The summed E-state index contributed by atoms with van der Waals surface area (Å²) >= 11 is 0. The monoisotopic (exact) mass is 203 g/mol. The molecule has 0 aliphatic carbocycles. The van der Waals surface area contributed by atoms with E-state index >= 15 is 0 Å². The van der Waals surface area contributed by atoms with Gasteiger partial charge in [-0.25, -0.2) is 4.98 Å². The molecular formula is C12H17N3. The maximum Gasteiger partial charge on any atom is 0.0958 e. The zero-order chi connectivity index (χ0) is 10.7. The Morgan fingerprint density at radius 1 is 1.40 bits per heavy atom. The number of hydrogen-bond donors (Lipinski definition) is 1. The summed E-state index contributed by atoms with van der Waals surface area (Å²) in [7, 11) is 0. The first-order chi connectivity index (χ1) is 7.35. The molecule has 0 aliphatic rings. The molecule has 0 spiro atoms. The largest absolute Gasteiger partial charge is 0.331 e. The van der Waals surface area contributed by atoms with Crippen molar-refractivity contribution in [2.45, 2.75) is 32.9 Å². The molecule has 3 nitrogen and oxygen atoms in total. The van der Waals surface area contributed by atoms with Gasteiger partial charge in [-0.3, -0.25) is 0 Å². The zero-order valence-electron chi connectivity index (χ0n) is 9.11. The third-order valence-corrected chi connectivity index (χ3v) is 2.67. The van der Waals surface area contributed by atoms with E-state index < -0.39 is 0 Å². The molecule has 0 fully saturated rings. The highest BCUT2D eigenvalue weighted by atomic mass is 15.0. The summed E-state index contributed by atoms with van der Waals surface area (Å²) in [6, 6.07) is 6.25. The minimum atomic E-state index is 0.581. The molecule has 1 aromatic heterocycles. The maximum absolute atomic E-state index is 5.59. The third-order valence-electron chi connectivity index (χ3n) is 2.67. The minimum Gasteiger partial charge on any atom is -0.331 e. The van der Waals surface area contributed by atoms with Crippen LogP contribution in [0.1, 0.15) is 25.3 Å². The van der Waals surface area contributed by atoms with Crippen LogP contribution in [0.3, 0.4) is 0 Å². The van der Waals surface area contributed by atoms with Crippen LogP contribution in [0.4, 0.5) is 0 Å². The van der Waals surface area contributed by atoms with Gasteiger partial charge in [0.05, 0.1) is 17.4 Å². The number of nitrogens with two attached hydrogens (primary N) is 1. The van der Waals surface area contributed by atoms with Crippen LogP contribution in [0.15, 0.2) is 24.5 Å². The molecule has 15 heavy (non-hydrogen) atoms. The van der Waals surface area contributed by atoms with Gasteiger partial charge < -0.3 is 10.3 Å². The highest BCUT2D eigenvalue weighted by molar-refractivity contribution is 5.76. The number of fused-ring (bicyclic) bond motifs is 1. The molecule has 2 rings (SSSR count). The van der Waals surface area contributed by atoms with E-state index in [1.807, 2.05) is 6.33 Å². The van der Waals surface area contributed by atoms with Crippen LogP contribution < -0.4 is 5.73 Å². The Bertz CT molecular complexity index is 445. The van der Waals surface area contributed by atoms with Gasteiger partial charge >= 0.3 is 0 Å². The fourth-order valence-corrected chi connectivity index (χ4v) is 1.74. The molecule has 0 saturated carbocycles. The summed E-state index contributed by atoms with van der Waals surface area (Å²) in [4.78, 5) is 4.39. The molecular weight excluding hydrogens is 186 g/mol. The van der Waals surface area contributed by atoms with Crippen LogP contribution in [-0.2, 0) is 13.1 Å². The van der Waals surface area contributed by atoms with Gasteiger partial charge in [0.15, 0.2) is 0 Å². The second-order valence-corrected chi connectivity index (χ2v) is 3.82. The topological polar surface area (TPSA) is 43.8 Å². The lowest BCUT2D eigenvalue weighted by atomic mass is 10.2. The smallest absolute Gasteiger partial charge is 0.0958 e. The van der Waals surface area contributed by atoms with Gasteiger partial charge in [-0.05, 0) is 24.1 Å². The van der Waals surface area contributed by atoms with Crippen molar-refractivity contribution in [2.75, 3.05) is 0 Å². The Kier molecular flexibility index (Phi) is 3.02. The second kappa shape index (κ2) is 4.45. The van der Waals surface area contributed by atoms with E-state index in [-0.39, 0.29) is 0 Å². The summed E-state index contributed by atoms with van der Waals surface area (Å²) in [5, 5.41) is 0. The Morgan fingerprint density at radius 3 is 3.00 bits per heavy atom. The fourth-order valence-electron chi connectivity index (χ4n) is 1.74. The standard InChI is InChI=1S/C12H17N3/c1-2-3-6-15-9-14-11-7-10(8-13)4-5-12(11)15/h4-5,7,9H,2-3,6,8,13H2,1H3. The van der Waals surface area contributed by atoms with Crippen molar-refractivity contribution in [1.82, 2.24) is 9.55 Å². The van der Waals surface area contributed by atoms with Crippen molar-refractivity contribution in [2.24, 2.45) is 5.73 Å². The van der Waals surface area contributed by atoms with Crippen LogP contribution in [0.25, 0.3) is 11.0 Å². The molecule has 0 bridgehead atoms. The summed E-state index contributed by atoms with van der Waals surface area (Å²) in [6.45, 7) is 3.83. The number of imidazole rings is 1. The van der Waals surface area contributed by atoms with Crippen LogP contribution in [0.5, 0.6) is 0 Å². The molecule has 0 amide bonds. The van der Waals surface area contributed by atoms with Gasteiger partial charge in [0, 0.05) is 13.1 Å². The van der Waals surface area contributed by atoms with Gasteiger partial charge in [-0.2, -0.15) is 0 Å². The summed E-state index contributed by atoms with van der Waals surface area (Å²) in [6.07, 6.45) is 4.32. The van der Waals surface area contributed by atoms with E-state index in [1.165, 1.54) is 18.4 Å². The Labute approximate surface area is 89.9 Å². The lowest BCUT2D eigenvalue weighted by Crippen LogP contribution is -1.97. The highest BCUT2D eigenvalue weighted by Gasteiger charge is 2.02. The molecule has 0 radical (unpaired) electrons. The SMILES string of the molecule is CCCCn1cnc2cc(CN)ccc21. The summed E-state index contributed by atoms with van der Waals surface area (Å²) in [5.41, 5.74) is 8.99. The van der Waals surface area contributed by atoms with E-state index in [2.05, 4.69) is 34.7 Å². The summed E-state index contributed by atoms with van der Waals surface area (Å²) in [5.74, 6) is 0. The highest BCUT2D eigenvalue weighted by Crippen LogP contribution is 2.15. The van der Waals surface area contributed by atoms with Crippen molar-refractivity contribution >= 4 is 11.0 Å². The fraction of sp³-hybridized carbons (Fsp3) is 0.417. The number of benzene rings is 1. The van der Waals surface area contributed by atoms with Crippen molar-refractivity contribution in [3.63, 3.8) is 0 Å².